The van der Waals surface area contributed by atoms with E-state index in [9.17, 15) is 14.0 Å². The monoisotopic (exact) mass is 296 g/mol. The summed E-state index contributed by atoms with van der Waals surface area (Å²) in [6.45, 7) is 1.58. The van der Waals surface area contributed by atoms with Crippen molar-refractivity contribution in [2.45, 2.75) is 12.8 Å². The van der Waals surface area contributed by atoms with Gasteiger partial charge in [-0.25, -0.2) is 4.39 Å². The van der Waals surface area contributed by atoms with Crippen LogP contribution in [-0.2, 0) is 4.79 Å². The highest BCUT2D eigenvalue weighted by Crippen LogP contribution is 2.37. The maximum Gasteiger partial charge on any atom is 0.258 e. The molecule has 106 valence electrons. The summed E-state index contributed by atoms with van der Waals surface area (Å²) >= 11 is 5.92. The van der Waals surface area contributed by atoms with Gasteiger partial charge in [-0.15, -0.1) is 0 Å². The van der Waals surface area contributed by atoms with E-state index < -0.39 is 11.7 Å². The second kappa shape index (κ2) is 4.74. The third-order valence-electron chi connectivity index (χ3n) is 4.10. The van der Waals surface area contributed by atoms with Crippen LogP contribution in [0.25, 0.3) is 0 Å². The fraction of sp³-hybridized carbons (Fsp3) is 0.429. The first-order chi connectivity index (χ1) is 9.51. The van der Waals surface area contributed by atoms with Crippen LogP contribution in [0.3, 0.4) is 0 Å². The van der Waals surface area contributed by atoms with E-state index in [1.54, 1.807) is 4.90 Å². The van der Waals surface area contributed by atoms with Crippen LogP contribution in [0.5, 0.6) is 0 Å². The molecule has 0 aliphatic carbocycles. The van der Waals surface area contributed by atoms with Gasteiger partial charge in [0, 0.05) is 31.5 Å². The number of benzene rings is 1. The standard InChI is InChI=1S/C14H14ClFN2O2/c15-9-2-1-3-10(16)12(9)13(20)18-5-4-14(8-18)6-11(19)17-7-14/h1-3H,4-8H2,(H,17,19). The number of rotatable bonds is 1. The topological polar surface area (TPSA) is 49.4 Å². The Kier molecular flexibility index (Phi) is 3.17. The number of carbonyl (C=O) groups excluding carboxylic acids is 2. The van der Waals surface area contributed by atoms with Crippen molar-refractivity contribution in [1.82, 2.24) is 10.2 Å². The van der Waals surface area contributed by atoms with Gasteiger partial charge >= 0.3 is 0 Å². The Balaban J connectivity index is 1.81. The molecule has 1 unspecified atom stereocenters. The zero-order chi connectivity index (χ0) is 14.3. The number of amides is 2. The van der Waals surface area contributed by atoms with Crippen LogP contribution in [0, 0.1) is 11.2 Å². The van der Waals surface area contributed by atoms with Crippen LogP contribution in [0.4, 0.5) is 4.39 Å². The summed E-state index contributed by atoms with van der Waals surface area (Å²) in [6.07, 6.45) is 1.19. The number of nitrogens with one attached hydrogen (secondary N) is 1. The van der Waals surface area contributed by atoms with Crippen molar-refractivity contribution in [3.8, 4) is 0 Å². The number of hydrogen-bond acceptors (Lipinski definition) is 2. The summed E-state index contributed by atoms with van der Waals surface area (Å²) in [5.41, 5.74) is -0.270. The highest BCUT2D eigenvalue weighted by atomic mass is 35.5. The first kappa shape index (κ1) is 13.4. The van der Waals surface area contributed by atoms with Crippen molar-refractivity contribution in [1.29, 1.82) is 0 Å². The molecule has 2 aliphatic rings. The third kappa shape index (κ3) is 2.16. The summed E-state index contributed by atoms with van der Waals surface area (Å²) in [6, 6.07) is 4.20. The molecule has 2 amide bonds. The van der Waals surface area contributed by atoms with Crippen molar-refractivity contribution in [3.63, 3.8) is 0 Å². The van der Waals surface area contributed by atoms with Gasteiger partial charge in [-0.3, -0.25) is 9.59 Å². The van der Waals surface area contributed by atoms with Gasteiger partial charge in [0.05, 0.1) is 10.6 Å². The van der Waals surface area contributed by atoms with Crippen LogP contribution in [0.2, 0.25) is 5.02 Å². The molecule has 4 nitrogen and oxygen atoms in total. The summed E-state index contributed by atoms with van der Waals surface area (Å²) < 4.78 is 13.8. The fourth-order valence-electron chi connectivity index (χ4n) is 3.01. The number of nitrogens with zero attached hydrogens (tertiary/aromatic N) is 1. The quantitative estimate of drug-likeness (QED) is 0.859. The molecule has 1 aromatic carbocycles. The van der Waals surface area contributed by atoms with Gasteiger partial charge in [0.1, 0.15) is 5.82 Å². The first-order valence-electron chi connectivity index (χ1n) is 6.51. The largest absolute Gasteiger partial charge is 0.355 e. The molecule has 6 heteroatoms. The van der Waals surface area contributed by atoms with Crippen LogP contribution in [0.15, 0.2) is 18.2 Å². The molecule has 1 atom stereocenters. The molecule has 2 aliphatic heterocycles. The maximum absolute atomic E-state index is 13.8. The van der Waals surface area contributed by atoms with E-state index in [0.717, 1.165) is 6.42 Å². The minimum absolute atomic E-state index is 0.0169. The van der Waals surface area contributed by atoms with E-state index >= 15 is 0 Å². The van der Waals surface area contributed by atoms with Gasteiger partial charge in [-0.05, 0) is 18.6 Å². The molecular weight excluding hydrogens is 283 g/mol. The van der Waals surface area contributed by atoms with Crippen molar-refractivity contribution in [3.05, 3.63) is 34.6 Å². The molecule has 0 aromatic heterocycles. The summed E-state index contributed by atoms with van der Waals surface area (Å²) in [5, 5.41) is 2.92. The Morgan fingerprint density at radius 2 is 2.25 bits per heavy atom. The molecule has 0 radical (unpaired) electrons. The molecule has 2 saturated heterocycles. The summed E-state index contributed by atoms with van der Waals surface area (Å²) in [5.74, 6) is -0.989. The molecule has 20 heavy (non-hydrogen) atoms. The molecule has 0 saturated carbocycles. The van der Waals surface area contributed by atoms with Gasteiger partial charge < -0.3 is 10.2 Å². The zero-order valence-corrected chi connectivity index (χ0v) is 11.5. The molecular formula is C14H14ClFN2O2. The number of halogens is 2. The van der Waals surface area contributed by atoms with E-state index in [2.05, 4.69) is 5.32 Å². The van der Waals surface area contributed by atoms with E-state index in [0.29, 0.717) is 26.1 Å². The lowest BCUT2D eigenvalue weighted by Gasteiger charge is -2.22. The molecule has 1 aromatic rings. The van der Waals surface area contributed by atoms with E-state index in [4.69, 9.17) is 11.6 Å². The van der Waals surface area contributed by atoms with Crippen LogP contribution in [0.1, 0.15) is 23.2 Å². The van der Waals surface area contributed by atoms with Crippen LogP contribution >= 0.6 is 11.6 Å². The van der Waals surface area contributed by atoms with E-state index in [1.807, 2.05) is 0 Å². The van der Waals surface area contributed by atoms with Crippen molar-refractivity contribution in [2.24, 2.45) is 5.41 Å². The number of hydrogen-bond donors (Lipinski definition) is 1. The normalized spacial score (nSPS) is 25.3. The zero-order valence-electron chi connectivity index (χ0n) is 10.8. The second-order valence-electron chi connectivity index (χ2n) is 5.53. The minimum atomic E-state index is -0.607. The SMILES string of the molecule is O=C1CC2(CCN(C(=O)c3c(F)cccc3Cl)C2)CN1. The van der Waals surface area contributed by atoms with Gasteiger partial charge in [0.25, 0.3) is 5.91 Å². The Hall–Kier alpha value is -1.62. The molecule has 1 spiro atoms. The average molecular weight is 297 g/mol. The highest BCUT2D eigenvalue weighted by Gasteiger charge is 2.45. The van der Waals surface area contributed by atoms with Crippen LogP contribution in [-0.4, -0.2) is 36.3 Å². The molecule has 0 bridgehead atoms. The van der Waals surface area contributed by atoms with E-state index in [-0.39, 0.29) is 21.9 Å². The summed E-state index contributed by atoms with van der Waals surface area (Å²) in [7, 11) is 0. The molecule has 1 N–H and O–H groups in total. The number of likely N-dealkylation sites (tertiary alicyclic amines) is 1. The Morgan fingerprint density at radius 3 is 2.90 bits per heavy atom. The van der Waals surface area contributed by atoms with Gasteiger partial charge in [0.2, 0.25) is 5.91 Å². The van der Waals surface area contributed by atoms with Gasteiger partial charge in [-0.2, -0.15) is 0 Å². The second-order valence-corrected chi connectivity index (χ2v) is 5.93. The Bertz CT molecular complexity index is 572. The van der Waals surface area contributed by atoms with Crippen molar-refractivity contribution >= 4 is 23.4 Å². The Labute approximate surface area is 120 Å². The maximum atomic E-state index is 13.8. The predicted octanol–water partition coefficient (Wildman–Crippen LogP) is 1.83. The fourth-order valence-corrected chi connectivity index (χ4v) is 3.25. The van der Waals surface area contributed by atoms with Crippen molar-refractivity contribution < 1.29 is 14.0 Å². The molecule has 3 rings (SSSR count). The Morgan fingerprint density at radius 1 is 1.45 bits per heavy atom. The smallest absolute Gasteiger partial charge is 0.258 e. The van der Waals surface area contributed by atoms with Crippen molar-refractivity contribution in [2.75, 3.05) is 19.6 Å². The van der Waals surface area contributed by atoms with Gasteiger partial charge in [-0.1, -0.05) is 17.7 Å². The minimum Gasteiger partial charge on any atom is -0.355 e. The third-order valence-corrected chi connectivity index (χ3v) is 4.41. The van der Waals surface area contributed by atoms with Crippen LogP contribution < -0.4 is 5.32 Å². The lowest BCUT2D eigenvalue weighted by Crippen LogP contribution is -2.33. The van der Waals surface area contributed by atoms with Gasteiger partial charge in [0.15, 0.2) is 0 Å². The first-order valence-corrected chi connectivity index (χ1v) is 6.89. The number of carbonyl (C=O) groups is 2. The average Bonchev–Trinajstić information content (AvgIpc) is 2.97. The highest BCUT2D eigenvalue weighted by molar-refractivity contribution is 6.33. The summed E-state index contributed by atoms with van der Waals surface area (Å²) in [4.78, 5) is 25.4. The molecule has 2 heterocycles. The van der Waals surface area contributed by atoms with E-state index in [1.165, 1.54) is 18.2 Å². The lowest BCUT2D eigenvalue weighted by molar-refractivity contribution is -0.119. The molecule has 2 fully saturated rings. The predicted molar refractivity (Wildman–Crippen MR) is 72.0 cm³/mol. The lowest BCUT2D eigenvalue weighted by atomic mass is 9.86.